The van der Waals surface area contributed by atoms with Gasteiger partial charge in [-0.25, -0.2) is 0 Å². The SMILES string of the molecule is Cc1ccc(C(C)(O)C(C)N)c(C)c1. The standard InChI is InChI=1S/C12H19NO/c1-8-5-6-11(9(2)7-8)12(4,14)10(3)13/h5-7,10,14H,13H2,1-4H3. The third kappa shape index (κ3) is 1.97. The van der Waals surface area contributed by atoms with Gasteiger partial charge < -0.3 is 10.8 Å². The van der Waals surface area contributed by atoms with Crippen LogP contribution in [0.4, 0.5) is 0 Å². The molecular formula is C12H19NO. The van der Waals surface area contributed by atoms with Gasteiger partial charge in [0.2, 0.25) is 0 Å². The highest BCUT2D eigenvalue weighted by molar-refractivity contribution is 5.35. The van der Waals surface area contributed by atoms with Gasteiger partial charge in [-0.1, -0.05) is 23.8 Å². The molecule has 0 aromatic heterocycles. The lowest BCUT2D eigenvalue weighted by molar-refractivity contribution is 0.0343. The van der Waals surface area contributed by atoms with Crippen molar-refractivity contribution < 1.29 is 5.11 Å². The van der Waals surface area contributed by atoms with Crippen molar-refractivity contribution in [2.45, 2.75) is 39.3 Å². The molecule has 0 aliphatic carbocycles. The monoisotopic (exact) mass is 193 g/mol. The Morgan fingerprint density at radius 3 is 2.36 bits per heavy atom. The third-order valence-electron chi connectivity index (χ3n) is 2.81. The summed E-state index contributed by atoms with van der Waals surface area (Å²) in [6, 6.07) is 5.74. The van der Waals surface area contributed by atoms with Gasteiger partial charge in [-0.15, -0.1) is 0 Å². The van der Waals surface area contributed by atoms with E-state index >= 15 is 0 Å². The van der Waals surface area contributed by atoms with E-state index in [0.717, 1.165) is 11.1 Å². The molecular weight excluding hydrogens is 174 g/mol. The molecule has 0 spiro atoms. The topological polar surface area (TPSA) is 46.2 Å². The van der Waals surface area contributed by atoms with Gasteiger partial charge in [0.05, 0.1) is 0 Å². The summed E-state index contributed by atoms with van der Waals surface area (Å²) in [5.41, 5.74) is 8.02. The van der Waals surface area contributed by atoms with E-state index in [4.69, 9.17) is 5.73 Å². The van der Waals surface area contributed by atoms with Crippen LogP contribution in [-0.2, 0) is 5.60 Å². The molecule has 2 nitrogen and oxygen atoms in total. The van der Waals surface area contributed by atoms with E-state index in [1.54, 1.807) is 6.92 Å². The van der Waals surface area contributed by atoms with Gasteiger partial charge in [-0.2, -0.15) is 0 Å². The number of aliphatic hydroxyl groups is 1. The summed E-state index contributed by atoms with van der Waals surface area (Å²) in [5.74, 6) is 0. The minimum Gasteiger partial charge on any atom is -0.384 e. The quantitative estimate of drug-likeness (QED) is 0.753. The maximum atomic E-state index is 10.2. The van der Waals surface area contributed by atoms with Gasteiger partial charge in [0.25, 0.3) is 0 Å². The van der Waals surface area contributed by atoms with E-state index < -0.39 is 5.60 Å². The second-order valence-electron chi connectivity index (χ2n) is 4.25. The number of rotatable bonds is 2. The molecule has 1 rings (SSSR count). The molecule has 14 heavy (non-hydrogen) atoms. The second-order valence-corrected chi connectivity index (χ2v) is 4.25. The van der Waals surface area contributed by atoms with E-state index in [-0.39, 0.29) is 6.04 Å². The largest absolute Gasteiger partial charge is 0.384 e. The first-order chi connectivity index (χ1) is 6.35. The first kappa shape index (κ1) is 11.2. The summed E-state index contributed by atoms with van der Waals surface area (Å²) in [7, 11) is 0. The summed E-state index contributed by atoms with van der Waals surface area (Å²) in [4.78, 5) is 0. The lowest BCUT2D eigenvalue weighted by Gasteiger charge is -2.29. The fourth-order valence-electron chi connectivity index (χ4n) is 1.63. The lowest BCUT2D eigenvalue weighted by Crippen LogP contribution is -2.41. The van der Waals surface area contributed by atoms with Crippen molar-refractivity contribution in [2.24, 2.45) is 5.73 Å². The van der Waals surface area contributed by atoms with Crippen molar-refractivity contribution in [1.82, 2.24) is 0 Å². The van der Waals surface area contributed by atoms with E-state index in [2.05, 4.69) is 6.07 Å². The Bertz CT molecular complexity index is 329. The summed E-state index contributed by atoms with van der Waals surface area (Å²) in [5, 5.41) is 10.2. The zero-order chi connectivity index (χ0) is 10.9. The minimum atomic E-state index is -0.947. The molecule has 0 bridgehead atoms. The highest BCUT2D eigenvalue weighted by Gasteiger charge is 2.28. The zero-order valence-electron chi connectivity index (χ0n) is 9.33. The van der Waals surface area contributed by atoms with Crippen molar-refractivity contribution >= 4 is 0 Å². The molecule has 1 aromatic carbocycles. The van der Waals surface area contributed by atoms with Gasteiger partial charge in [-0.3, -0.25) is 0 Å². The normalized spacial score (nSPS) is 17.6. The Morgan fingerprint density at radius 1 is 1.36 bits per heavy atom. The summed E-state index contributed by atoms with van der Waals surface area (Å²) in [6.07, 6.45) is 0. The first-order valence-electron chi connectivity index (χ1n) is 4.91. The predicted molar refractivity (Wildman–Crippen MR) is 59.1 cm³/mol. The highest BCUT2D eigenvalue weighted by Crippen LogP contribution is 2.26. The van der Waals surface area contributed by atoms with E-state index in [1.807, 2.05) is 32.9 Å². The maximum absolute atomic E-state index is 10.2. The van der Waals surface area contributed by atoms with Crippen molar-refractivity contribution in [3.63, 3.8) is 0 Å². The van der Waals surface area contributed by atoms with Crippen molar-refractivity contribution in [3.05, 3.63) is 34.9 Å². The Kier molecular flexibility index (Phi) is 2.98. The van der Waals surface area contributed by atoms with Crippen LogP contribution < -0.4 is 5.73 Å². The summed E-state index contributed by atoms with van der Waals surface area (Å²) in [6.45, 7) is 7.62. The molecule has 2 unspecified atom stereocenters. The van der Waals surface area contributed by atoms with Gasteiger partial charge >= 0.3 is 0 Å². The molecule has 0 saturated heterocycles. The van der Waals surface area contributed by atoms with E-state index in [1.165, 1.54) is 5.56 Å². The molecule has 0 aliphatic heterocycles. The minimum absolute atomic E-state index is 0.274. The van der Waals surface area contributed by atoms with Gasteiger partial charge in [-0.05, 0) is 38.8 Å². The molecule has 78 valence electrons. The van der Waals surface area contributed by atoms with Gasteiger partial charge in [0, 0.05) is 6.04 Å². The van der Waals surface area contributed by atoms with Crippen LogP contribution in [0, 0.1) is 13.8 Å². The fourth-order valence-corrected chi connectivity index (χ4v) is 1.63. The number of hydrogen-bond acceptors (Lipinski definition) is 2. The summed E-state index contributed by atoms with van der Waals surface area (Å²) < 4.78 is 0. The van der Waals surface area contributed by atoms with Crippen LogP contribution in [-0.4, -0.2) is 11.1 Å². The Morgan fingerprint density at radius 2 is 1.93 bits per heavy atom. The van der Waals surface area contributed by atoms with Crippen LogP contribution in [0.3, 0.4) is 0 Å². The Balaban J connectivity index is 3.19. The molecule has 0 heterocycles. The fraction of sp³-hybridized carbons (Fsp3) is 0.500. The van der Waals surface area contributed by atoms with E-state index in [0.29, 0.717) is 0 Å². The molecule has 0 amide bonds. The van der Waals surface area contributed by atoms with Crippen LogP contribution in [0.25, 0.3) is 0 Å². The van der Waals surface area contributed by atoms with Crippen molar-refractivity contribution in [2.75, 3.05) is 0 Å². The molecule has 3 N–H and O–H groups in total. The number of hydrogen-bond donors (Lipinski definition) is 2. The highest BCUT2D eigenvalue weighted by atomic mass is 16.3. The Labute approximate surface area is 85.8 Å². The Hall–Kier alpha value is -0.860. The van der Waals surface area contributed by atoms with Crippen LogP contribution in [0.1, 0.15) is 30.5 Å². The van der Waals surface area contributed by atoms with Crippen LogP contribution in [0.2, 0.25) is 0 Å². The number of aryl methyl sites for hydroxylation is 2. The summed E-state index contributed by atoms with van der Waals surface area (Å²) >= 11 is 0. The van der Waals surface area contributed by atoms with Crippen LogP contribution >= 0.6 is 0 Å². The van der Waals surface area contributed by atoms with Gasteiger partial charge in [0.1, 0.15) is 5.60 Å². The van der Waals surface area contributed by atoms with Gasteiger partial charge in [0.15, 0.2) is 0 Å². The molecule has 1 aromatic rings. The first-order valence-corrected chi connectivity index (χ1v) is 4.91. The maximum Gasteiger partial charge on any atom is 0.102 e. The average Bonchev–Trinajstić information content (AvgIpc) is 2.02. The van der Waals surface area contributed by atoms with Crippen LogP contribution in [0.15, 0.2) is 18.2 Å². The van der Waals surface area contributed by atoms with Crippen molar-refractivity contribution in [3.8, 4) is 0 Å². The smallest absolute Gasteiger partial charge is 0.102 e. The second kappa shape index (κ2) is 3.71. The average molecular weight is 193 g/mol. The lowest BCUT2D eigenvalue weighted by atomic mass is 9.86. The third-order valence-corrected chi connectivity index (χ3v) is 2.81. The molecule has 0 fully saturated rings. The predicted octanol–water partition coefficient (Wildman–Crippen LogP) is 1.86. The molecule has 0 radical (unpaired) electrons. The van der Waals surface area contributed by atoms with E-state index in [9.17, 15) is 5.11 Å². The van der Waals surface area contributed by atoms with Crippen molar-refractivity contribution in [1.29, 1.82) is 0 Å². The number of benzene rings is 1. The molecule has 2 atom stereocenters. The van der Waals surface area contributed by atoms with Crippen LogP contribution in [0.5, 0.6) is 0 Å². The number of nitrogens with two attached hydrogens (primary N) is 1. The molecule has 0 aliphatic rings. The molecule has 2 heteroatoms. The molecule has 0 saturated carbocycles. The zero-order valence-corrected chi connectivity index (χ0v) is 9.33.